The first-order valence-electron chi connectivity index (χ1n) is 9.93. The van der Waals surface area contributed by atoms with Gasteiger partial charge >= 0.3 is 6.03 Å². The molecular weight excluding hydrogens is 384 g/mol. The molecule has 1 saturated heterocycles. The summed E-state index contributed by atoms with van der Waals surface area (Å²) < 4.78 is 1.23. The number of imide groups is 1. The van der Waals surface area contributed by atoms with Crippen LogP contribution in [0, 0.1) is 0 Å². The van der Waals surface area contributed by atoms with Crippen LogP contribution in [0.4, 0.5) is 4.79 Å². The Hall–Kier alpha value is -2.77. The molecule has 3 amide bonds. The molecule has 2 aromatic carbocycles. The molecule has 7 heteroatoms. The molecule has 0 aliphatic carbocycles. The number of quaternary nitrogens is 1. The van der Waals surface area contributed by atoms with E-state index in [-0.39, 0.29) is 5.91 Å². The average molecular weight is 410 g/mol. The molecule has 1 aliphatic rings. The van der Waals surface area contributed by atoms with Gasteiger partial charge in [-0.3, -0.25) is 10.1 Å². The number of fused-ring (bicyclic) bond motifs is 1. The van der Waals surface area contributed by atoms with Gasteiger partial charge in [0.1, 0.15) is 0 Å². The number of nitrogens with one attached hydrogen (secondary N) is 3. The lowest BCUT2D eigenvalue weighted by molar-refractivity contribution is -0.927. The zero-order valence-corrected chi connectivity index (χ0v) is 17.2. The van der Waals surface area contributed by atoms with Gasteiger partial charge in [0.15, 0.2) is 6.04 Å². The fraction of sp³-hybridized carbons (Fsp3) is 0.318. The second kappa shape index (κ2) is 8.71. The molecule has 3 aromatic rings. The molecule has 0 spiro atoms. The molecule has 3 N–H and O–H groups in total. The zero-order valence-electron chi connectivity index (χ0n) is 16.4. The number of rotatable bonds is 4. The first-order valence-corrected chi connectivity index (χ1v) is 10.7. The van der Waals surface area contributed by atoms with Gasteiger partial charge < -0.3 is 10.2 Å². The van der Waals surface area contributed by atoms with Gasteiger partial charge in [0, 0.05) is 31.4 Å². The minimum atomic E-state index is -0.473. The lowest BCUT2D eigenvalue weighted by Gasteiger charge is -2.33. The van der Waals surface area contributed by atoms with E-state index in [9.17, 15) is 9.59 Å². The highest BCUT2D eigenvalue weighted by Crippen LogP contribution is 2.32. The molecule has 6 nitrogen and oxygen atoms in total. The molecule has 29 heavy (non-hydrogen) atoms. The number of piperidine rings is 1. The minimum absolute atomic E-state index is 0.260. The minimum Gasteiger partial charge on any atom is -0.341 e. The van der Waals surface area contributed by atoms with E-state index < -0.39 is 12.1 Å². The van der Waals surface area contributed by atoms with Crippen LogP contribution in [0.3, 0.4) is 0 Å². The number of urea groups is 1. The summed E-state index contributed by atoms with van der Waals surface area (Å²) in [7, 11) is 1.51. The largest absolute Gasteiger partial charge is 0.341 e. The van der Waals surface area contributed by atoms with E-state index in [0.717, 1.165) is 37.0 Å². The van der Waals surface area contributed by atoms with Crippen LogP contribution in [0.5, 0.6) is 0 Å². The number of carbonyl (C=O) groups is 2. The second-order valence-corrected chi connectivity index (χ2v) is 8.43. The lowest BCUT2D eigenvalue weighted by atomic mass is 9.94. The summed E-state index contributed by atoms with van der Waals surface area (Å²) in [5.74, 6) is 0.165. The Labute approximate surface area is 173 Å². The summed E-state index contributed by atoms with van der Waals surface area (Å²) >= 11 is 1.77. The van der Waals surface area contributed by atoms with Crippen LogP contribution in [0.15, 0.2) is 54.6 Å². The zero-order chi connectivity index (χ0) is 20.2. The molecule has 4 rings (SSSR count). The molecule has 1 aromatic heterocycles. The van der Waals surface area contributed by atoms with Crippen LogP contribution in [-0.4, -0.2) is 37.1 Å². The van der Waals surface area contributed by atoms with Gasteiger partial charge in [-0.2, -0.15) is 0 Å². The maximum absolute atomic E-state index is 12.9. The summed E-state index contributed by atoms with van der Waals surface area (Å²) in [6.45, 7) is 1.72. The molecule has 1 atom stereocenters. The molecule has 150 valence electrons. The normalized spacial score (nSPS) is 20.2. The Morgan fingerprint density at radius 1 is 1.07 bits per heavy atom. The Bertz CT molecular complexity index is 963. The molecule has 1 fully saturated rings. The molecule has 0 unspecified atom stereocenters. The van der Waals surface area contributed by atoms with E-state index in [1.165, 1.54) is 21.7 Å². The van der Waals surface area contributed by atoms with Crippen LogP contribution in [-0.2, 0) is 4.79 Å². The summed E-state index contributed by atoms with van der Waals surface area (Å²) in [4.78, 5) is 30.6. The van der Waals surface area contributed by atoms with Crippen molar-refractivity contribution in [1.82, 2.24) is 15.6 Å². The maximum atomic E-state index is 12.9. The van der Waals surface area contributed by atoms with Crippen molar-refractivity contribution >= 4 is 33.5 Å². The van der Waals surface area contributed by atoms with Crippen LogP contribution >= 0.6 is 11.3 Å². The number of benzene rings is 2. The lowest BCUT2D eigenvalue weighted by Crippen LogP contribution is -3.14. The Kier molecular flexibility index (Phi) is 5.87. The van der Waals surface area contributed by atoms with Gasteiger partial charge in [0.2, 0.25) is 0 Å². The average Bonchev–Trinajstić information content (AvgIpc) is 3.19. The highest BCUT2D eigenvalue weighted by atomic mass is 32.1. The third kappa shape index (κ3) is 4.31. The number of hydrogen-bond acceptors (Lipinski definition) is 4. The van der Waals surface area contributed by atoms with Crippen molar-refractivity contribution in [2.45, 2.75) is 24.8 Å². The number of aromatic nitrogens is 1. The number of para-hydroxylation sites is 1. The van der Waals surface area contributed by atoms with Gasteiger partial charge in [0.05, 0.1) is 28.3 Å². The molecule has 2 heterocycles. The quantitative estimate of drug-likeness (QED) is 0.619. The van der Waals surface area contributed by atoms with E-state index in [2.05, 4.69) is 22.8 Å². The predicted molar refractivity (Wildman–Crippen MR) is 114 cm³/mol. The van der Waals surface area contributed by atoms with E-state index in [4.69, 9.17) is 4.98 Å². The number of thiazole rings is 1. The van der Waals surface area contributed by atoms with Gasteiger partial charge in [-0.1, -0.05) is 42.5 Å². The summed E-state index contributed by atoms with van der Waals surface area (Å²) in [6, 6.07) is 17.1. The van der Waals surface area contributed by atoms with Gasteiger partial charge in [-0.15, -0.1) is 11.3 Å². The van der Waals surface area contributed by atoms with E-state index in [1.807, 2.05) is 42.5 Å². The molecule has 0 saturated carbocycles. The third-order valence-electron chi connectivity index (χ3n) is 5.55. The standard InChI is InChI=1S/C22H24N4O2S/c1-23-22(28)25-20(27)19(15-7-3-2-4-8-15)26-13-11-16(12-14-26)21-24-17-9-5-6-10-18(17)29-21/h2-10,16,19H,11-14H2,1H3,(H2,23,25,27,28)/p+1/t19-/m1/s1. The van der Waals surface area contributed by atoms with E-state index in [0.29, 0.717) is 5.92 Å². The van der Waals surface area contributed by atoms with Crippen LogP contribution in [0.25, 0.3) is 10.2 Å². The molecule has 1 aliphatic heterocycles. The predicted octanol–water partition coefficient (Wildman–Crippen LogP) is 2.26. The van der Waals surface area contributed by atoms with Crippen LogP contribution in [0.2, 0.25) is 0 Å². The number of nitrogens with zero attached hydrogens (tertiary/aromatic N) is 1. The highest BCUT2D eigenvalue weighted by molar-refractivity contribution is 7.18. The van der Waals surface area contributed by atoms with Crippen LogP contribution in [0.1, 0.15) is 35.4 Å². The van der Waals surface area contributed by atoms with Crippen LogP contribution < -0.4 is 15.5 Å². The van der Waals surface area contributed by atoms with Gasteiger partial charge in [-0.25, -0.2) is 9.78 Å². The van der Waals surface area contributed by atoms with Gasteiger partial charge in [0.25, 0.3) is 5.91 Å². The summed E-state index contributed by atoms with van der Waals surface area (Å²) in [5.41, 5.74) is 2.00. The van der Waals surface area contributed by atoms with E-state index in [1.54, 1.807) is 11.3 Å². The fourth-order valence-corrected chi connectivity index (χ4v) is 5.19. The second-order valence-electron chi connectivity index (χ2n) is 7.36. The monoisotopic (exact) mass is 409 g/mol. The van der Waals surface area contributed by atoms with Crippen molar-refractivity contribution in [2.75, 3.05) is 20.1 Å². The van der Waals surface area contributed by atoms with Crippen molar-refractivity contribution in [3.8, 4) is 0 Å². The van der Waals surface area contributed by atoms with Crippen molar-refractivity contribution in [3.63, 3.8) is 0 Å². The van der Waals surface area contributed by atoms with Crippen molar-refractivity contribution < 1.29 is 14.5 Å². The Morgan fingerprint density at radius 3 is 2.45 bits per heavy atom. The SMILES string of the molecule is CNC(=O)NC(=O)[C@@H](c1ccccc1)[NH+]1CCC(c2nc3ccccc3s2)CC1. The topological polar surface area (TPSA) is 75.5 Å². The van der Waals surface area contributed by atoms with E-state index >= 15 is 0 Å². The highest BCUT2D eigenvalue weighted by Gasteiger charge is 2.36. The fourth-order valence-electron chi connectivity index (χ4n) is 4.05. The number of carbonyl (C=O) groups excluding carboxylic acids is 2. The first kappa shape index (κ1) is 19.5. The number of amides is 3. The summed E-state index contributed by atoms with van der Waals surface area (Å²) in [6.07, 6.45) is 1.96. The van der Waals surface area contributed by atoms with Crippen molar-refractivity contribution in [1.29, 1.82) is 0 Å². The summed E-state index contributed by atoms with van der Waals surface area (Å²) in [5, 5.41) is 6.12. The molecular formula is C22H25N4O2S+. The third-order valence-corrected chi connectivity index (χ3v) is 6.75. The maximum Gasteiger partial charge on any atom is 0.321 e. The number of likely N-dealkylation sites (tertiary alicyclic amines) is 1. The smallest absolute Gasteiger partial charge is 0.321 e. The number of hydrogen-bond donors (Lipinski definition) is 3. The van der Waals surface area contributed by atoms with Crippen molar-refractivity contribution in [2.24, 2.45) is 0 Å². The Morgan fingerprint density at radius 2 is 1.76 bits per heavy atom. The first-order chi connectivity index (χ1) is 14.2. The Balaban J connectivity index is 1.50. The molecule has 0 radical (unpaired) electrons. The van der Waals surface area contributed by atoms with Crippen molar-refractivity contribution in [3.05, 3.63) is 65.2 Å². The van der Waals surface area contributed by atoms with Gasteiger partial charge in [-0.05, 0) is 12.1 Å². The molecule has 0 bridgehead atoms.